The fraction of sp³-hybridized carbons (Fsp3) is 0.500. The zero-order chi connectivity index (χ0) is 5.91. The number of ether oxygens (including phenoxy) is 1. The van der Waals surface area contributed by atoms with Crippen molar-refractivity contribution in [3.8, 4) is 0 Å². The quantitative estimate of drug-likeness (QED) is 0.411. The fourth-order valence-corrected chi connectivity index (χ4v) is 0.0909. The second-order valence-corrected chi connectivity index (χ2v) is 1.10. The van der Waals surface area contributed by atoms with Gasteiger partial charge in [-0.1, -0.05) is 0 Å². The van der Waals surface area contributed by atoms with Crippen molar-refractivity contribution in [1.29, 1.82) is 0 Å². The normalized spacial score (nSPS) is 10.7. The van der Waals surface area contributed by atoms with Gasteiger partial charge in [-0.05, 0) is 0 Å². The molecule has 0 aliphatic carbocycles. The third-order valence-corrected chi connectivity index (χ3v) is 0.271. The van der Waals surface area contributed by atoms with E-state index in [2.05, 4.69) is 16.3 Å². The molecule has 0 aliphatic rings. The Morgan fingerprint density at radius 2 is 2.14 bits per heavy atom. The van der Waals surface area contributed by atoms with E-state index in [0.717, 1.165) is 0 Å². The van der Waals surface area contributed by atoms with Gasteiger partial charge in [0.2, 0.25) is 0 Å². The highest BCUT2D eigenvalue weighted by molar-refractivity contribution is 6.21. The third kappa shape index (κ3) is 5.62. The molecule has 0 aliphatic heterocycles. The molecule has 0 rings (SSSR count). The van der Waals surface area contributed by atoms with Gasteiger partial charge in [0.15, 0.2) is 0 Å². The smallest absolute Gasteiger partial charge is 0.390 e. The lowest BCUT2D eigenvalue weighted by atomic mass is 11.4. The predicted octanol–water partition coefficient (Wildman–Crippen LogP) is 0.949. The van der Waals surface area contributed by atoms with Crippen LogP contribution in [0.15, 0.2) is 0 Å². The lowest BCUT2D eigenvalue weighted by Gasteiger charge is -1.99. The molecule has 0 N–H and O–H groups in total. The van der Waals surface area contributed by atoms with Gasteiger partial charge in [-0.3, -0.25) is 4.79 Å². The van der Waals surface area contributed by atoms with Crippen LogP contribution in [-0.2, 0) is 9.53 Å². The number of halogens is 3. The number of hydrogen-bond acceptors (Lipinski definition) is 2. The van der Waals surface area contributed by atoms with Crippen LogP contribution < -0.4 is 0 Å². The Bertz CT molecular complexity index is 68.6. The summed E-state index contributed by atoms with van der Waals surface area (Å²) in [4.78, 5) is 9.03. The van der Waals surface area contributed by atoms with Crippen molar-refractivity contribution in [3.63, 3.8) is 0 Å². The maximum absolute atomic E-state index is 11.0. The number of carbonyl (C=O) groups excluding carboxylic acids is 1. The summed E-state index contributed by atoms with van der Waals surface area (Å²) in [5.41, 5.74) is -3.85. The molecule has 0 aromatic rings. The lowest BCUT2D eigenvalue weighted by Crippen LogP contribution is -2.09. The van der Waals surface area contributed by atoms with Crippen molar-refractivity contribution in [3.05, 3.63) is 0 Å². The van der Waals surface area contributed by atoms with Gasteiger partial charge in [0.25, 0.3) is 6.47 Å². The molecule has 0 atom stereocenters. The number of carbonyl (C=O) groups is 1. The maximum Gasteiger partial charge on any atom is 0.489 e. The standard InChI is InChI=1S/C2HClF2O2/c3-2(4,5)7-1-6/h1H. The molecule has 0 saturated heterocycles. The molecule has 42 valence electrons. The predicted molar refractivity (Wildman–Crippen MR) is 17.9 cm³/mol. The summed E-state index contributed by atoms with van der Waals surface area (Å²) in [5, 5.41) is 0. The molecule has 0 aromatic heterocycles. The monoisotopic (exact) mass is 130 g/mol. The highest BCUT2D eigenvalue weighted by atomic mass is 35.5. The Hall–Kier alpha value is -0.380. The molecule has 5 heteroatoms. The van der Waals surface area contributed by atoms with Crippen molar-refractivity contribution in [2.75, 3.05) is 0 Å². The van der Waals surface area contributed by atoms with E-state index in [-0.39, 0.29) is 0 Å². The molecule has 7 heavy (non-hydrogen) atoms. The Morgan fingerprint density at radius 3 is 2.14 bits per heavy atom. The summed E-state index contributed by atoms with van der Waals surface area (Å²) < 4.78 is 25.0. The van der Waals surface area contributed by atoms with Crippen molar-refractivity contribution < 1.29 is 18.3 Å². The molecule has 2 nitrogen and oxygen atoms in total. The number of rotatable bonds is 2. The lowest BCUT2D eigenvalue weighted by molar-refractivity contribution is -0.176. The molecule has 0 spiro atoms. The molecule has 0 radical (unpaired) electrons. The molecule has 0 saturated carbocycles. The van der Waals surface area contributed by atoms with Gasteiger partial charge in [0, 0.05) is 11.6 Å². The zero-order valence-corrected chi connectivity index (χ0v) is 3.78. The topological polar surface area (TPSA) is 26.3 Å². The summed E-state index contributed by atoms with van der Waals surface area (Å²) in [5.74, 6) is 0. The maximum atomic E-state index is 11.0. The molecule has 0 fully saturated rings. The minimum absolute atomic E-state index is 0.424. The average Bonchev–Trinajstić information content (AvgIpc) is 1.30. The molecular weight excluding hydrogens is 129 g/mol. The minimum Gasteiger partial charge on any atom is -0.390 e. The summed E-state index contributed by atoms with van der Waals surface area (Å²) in [7, 11) is 0. The molecule has 0 aromatic carbocycles. The van der Waals surface area contributed by atoms with Crippen LogP contribution in [0.2, 0.25) is 0 Å². The second kappa shape index (κ2) is 2.07. The van der Waals surface area contributed by atoms with Gasteiger partial charge in [-0.2, -0.15) is 0 Å². The Labute approximate surface area is 43.0 Å². The number of alkyl halides is 3. The molecular formula is C2HClF2O2. The Kier molecular flexibility index (Phi) is 1.95. The SMILES string of the molecule is O=COC(F)(F)Cl. The molecule has 0 unspecified atom stereocenters. The number of hydrogen-bond donors (Lipinski definition) is 0. The van der Waals surface area contributed by atoms with Crippen molar-refractivity contribution in [2.24, 2.45) is 0 Å². The van der Waals surface area contributed by atoms with Crippen LogP contribution >= 0.6 is 11.6 Å². The molecule has 0 heterocycles. The van der Waals surface area contributed by atoms with Crippen LogP contribution in [-0.4, -0.2) is 12.0 Å². The van der Waals surface area contributed by atoms with Crippen LogP contribution in [0.4, 0.5) is 8.78 Å². The van der Waals surface area contributed by atoms with Crippen LogP contribution in [0.3, 0.4) is 0 Å². The zero-order valence-electron chi connectivity index (χ0n) is 3.03. The largest absolute Gasteiger partial charge is 0.489 e. The summed E-state index contributed by atoms with van der Waals surface area (Å²) in [6, 6.07) is 0. The van der Waals surface area contributed by atoms with E-state index in [1.807, 2.05) is 0 Å². The van der Waals surface area contributed by atoms with E-state index in [1.165, 1.54) is 0 Å². The average molecular weight is 130 g/mol. The van der Waals surface area contributed by atoms with E-state index < -0.39 is 12.0 Å². The van der Waals surface area contributed by atoms with Gasteiger partial charge in [-0.25, -0.2) is 0 Å². The summed E-state index contributed by atoms with van der Waals surface area (Å²) in [6.45, 7) is -0.424. The highest BCUT2D eigenvalue weighted by Gasteiger charge is 2.25. The van der Waals surface area contributed by atoms with Gasteiger partial charge >= 0.3 is 5.57 Å². The Morgan fingerprint density at radius 1 is 1.71 bits per heavy atom. The fourth-order valence-electron chi connectivity index (χ4n) is 0.0546. The van der Waals surface area contributed by atoms with Crippen molar-refractivity contribution in [2.45, 2.75) is 5.57 Å². The minimum atomic E-state index is -3.85. The van der Waals surface area contributed by atoms with Gasteiger partial charge in [0.05, 0.1) is 0 Å². The van der Waals surface area contributed by atoms with Gasteiger partial charge < -0.3 is 4.74 Å². The first-order valence-corrected chi connectivity index (χ1v) is 1.62. The second-order valence-electron chi connectivity index (χ2n) is 0.660. The van der Waals surface area contributed by atoms with E-state index in [4.69, 9.17) is 4.79 Å². The first kappa shape index (κ1) is 6.62. The highest BCUT2D eigenvalue weighted by Crippen LogP contribution is 2.17. The first-order chi connectivity index (χ1) is 3.06. The molecule has 0 amide bonds. The van der Waals surface area contributed by atoms with Crippen LogP contribution in [0.1, 0.15) is 0 Å². The summed E-state index contributed by atoms with van der Waals surface area (Å²) in [6.07, 6.45) is 0. The van der Waals surface area contributed by atoms with Crippen LogP contribution in [0.25, 0.3) is 0 Å². The van der Waals surface area contributed by atoms with E-state index in [9.17, 15) is 8.78 Å². The molecule has 0 bridgehead atoms. The van der Waals surface area contributed by atoms with Crippen LogP contribution in [0, 0.1) is 0 Å². The van der Waals surface area contributed by atoms with E-state index in [0.29, 0.717) is 0 Å². The van der Waals surface area contributed by atoms with Gasteiger partial charge in [0.1, 0.15) is 0 Å². The van der Waals surface area contributed by atoms with E-state index >= 15 is 0 Å². The van der Waals surface area contributed by atoms with Crippen molar-refractivity contribution in [1.82, 2.24) is 0 Å². The first-order valence-electron chi connectivity index (χ1n) is 1.24. The van der Waals surface area contributed by atoms with Gasteiger partial charge in [-0.15, -0.1) is 8.78 Å². The summed E-state index contributed by atoms with van der Waals surface area (Å²) >= 11 is 4.05. The van der Waals surface area contributed by atoms with E-state index in [1.54, 1.807) is 0 Å². The Balaban J connectivity index is 3.34. The van der Waals surface area contributed by atoms with Crippen LogP contribution in [0.5, 0.6) is 0 Å². The van der Waals surface area contributed by atoms with Crippen molar-refractivity contribution >= 4 is 18.1 Å². The third-order valence-electron chi connectivity index (χ3n) is 0.182.